The number of carbonyl (C=O) groups is 2. The highest BCUT2D eigenvalue weighted by Crippen LogP contribution is 2.30. The predicted octanol–water partition coefficient (Wildman–Crippen LogP) is 4.87. The topological polar surface area (TPSA) is 66.7 Å². The van der Waals surface area contributed by atoms with Gasteiger partial charge in [-0.2, -0.15) is 0 Å². The molecule has 0 saturated carbocycles. The SMILES string of the molecule is O=Cc1cc2ccccc2cc1N=CSC(C(=O)O)c1ccccc1. The smallest absolute Gasteiger partial charge is 0.321 e. The van der Waals surface area contributed by atoms with Crippen molar-refractivity contribution < 1.29 is 14.7 Å². The molecule has 3 aromatic rings. The van der Waals surface area contributed by atoms with E-state index in [1.54, 1.807) is 30.3 Å². The molecule has 4 nitrogen and oxygen atoms in total. The van der Waals surface area contributed by atoms with Crippen LogP contribution in [0.5, 0.6) is 0 Å². The number of aliphatic carboxylic acids is 1. The third-order valence-electron chi connectivity index (χ3n) is 3.74. The van der Waals surface area contributed by atoms with E-state index in [4.69, 9.17) is 0 Å². The molecule has 25 heavy (non-hydrogen) atoms. The molecule has 5 heteroatoms. The van der Waals surface area contributed by atoms with Crippen molar-refractivity contribution in [3.8, 4) is 0 Å². The predicted molar refractivity (Wildman–Crippen MR) is 102 cm³/mol. The van der Waals surface area contributed by atoms with Crippen LogP contribution in [0.3, 0.4) is 0 Å². The number of hydrogen-bond donors (Lipinski definition) is 1. The summed E-state index contributed by atoms with van der Waals surface area (Å²) in [5.41, 5.74) is 3.18. The number of aliphatic imine (C=N–C) groups is 1. The molecule has 0 aliphatic carbocycles. The molecule has 0 aliphatic heterocycles. The molecule has 0 heterocycles. The van der Waals surface area contributed by atoms with Crippen LogP contribution in [0.2, 0.25) is 0 Å². The first kappa shape index (κ1) is 16.9. The van der Waals surface area contributed by atoms with Crippen LogP contribution in [0.4, 0.5) is 5.69 Å². The molecule has 124 valence electrons. The summed E-state index contributed by atoms with van der Waals surface area (Å²) < 4.78 is 0. The lowest BCUT2D eigenvalue weighted by atomic mass is 10.1. The second-order valence-corrected chi connectivity index (χ2v) is 6.33. The Kier molecular flexibility index (Phi) is 5.26. The summed E-state index contributed by atoms with van der Waals surface area (Å²) in [7, 11) is 0. The van der Waals surface area contributed by atoms with Crippen molar-refractivity contribution in [1.29, 1.82) is 0 Å². The number of aldehydes is 1. The lowest BCUT2D eigenvalue weighted by Crippen LogP contribution is -2.07. The van der Waals surface area contributed by atoms with Crippen molar-refractivity contribution in [3.05, 3.63) is 77.9 Å². The average molecular weight is 349 g/mol. The van der Waals surface area contributed by atoms with Gasteiger partial charge in [-0.3, -0.25) is 9.59 Å². The minimum atomic E-state index is -0.934. The molecule has 0 spiro atoms. The minimum absolute atomic E-state index is 0.474. The van der Waals surface area contributed by atoms with Crippen molar-refractivity contribution in [1.82, 2.24) is 0 Å². The van der Waals surface area contributed by atoms with Crippen LogP contribution in [0.25, 0.3) is 10.8 Å². The maximum Gasteiger partial charge on any atom is 0.321 e. The maximum atomic E-state index is 11.5. The number of carboxylic acid groups (broad SMARTS) is 1. The zero-order valence-electron chi connectivity index (χ0n) is 13.2. The summed E-state index contributed by atoms with van der Waals surface area (Å²) in [6.07, 6.45) is 0.760. The number of fused-ring (bicyclic) bond motifs is 1. The molecule has 0 fully saturated rings. The van der Waals surface area contributed by atoms with Crippen LogP contribution in [0, 0.1) is 0 Å². The highest BCUT2D eigenvalue weighted by Gasteiger charge is 2.19. The van der Waals surface area contributed by atoms with Crippen LogP contribution in [-0.4, -0.2) is 22.9 Å². The second kappa shape index (κ2) is 7.77. The van der Waals surface area contributed by atoms with E-state index in [0.717, 1.165) is 28.8 Å². The van der Waals surface area contributed by atoms with Crippen LogP contribution >= 0.6 is 11.8 Å². The lowest BCUT2D eigenvalue weighted by Gasteiger charge is -2.09. The molecule has 0 bridgehead atoms. The van der Waals surface area contributed by atoms with Crippen LogP contribution in [0.15, 0.2) is 71.7 Å². The van der Waals surface area contributed by atoms with E-state index in [-0.39, 0.29) is 0 Å². The average Bonchev–Trinajstić information content (AvgIpc) is 2.65. The Morgan fingerprint density at radius 3 is 2.28 bits per heavy atom. The Hall–Kier alpha value is -2.92. The van der Waals surface area contributed by atoms with Gasteiger partial charge in [-0.05, 0) is 28.5 Å². The Morgan fingerprint density at radius 1 is 1.00 bits per heavy atom. The van der Waals surface area contributed by atoms with E-state index in [1.807, 2.05) is 36.4 Å². The van der Waals surface area contributed by atoms with E-state index >= 15 is 0 Å². The molecule has 0 amide bonds. The standard InChI is InChI=1S/C20H15NO3S/c22-12-17-10-15-8-4-5-9-16(15)11-18(17)21-13-25-19(20(23)24)14-6-2-1-3-7-14/h1-13,19H,(H,23,24). The van der Waals surface area contributed by atoms with Gasteiger partial charge in [0.1, 0.15) is 5.25 Å². The van der Waals surface area contributed by atoms with E-state index in [2.05, 4.69) is 4.99 Å². The molecular formula is C20H15NO3S. The molecule has 0 aromatic heterocycles. The van der Waals surface area contributed by atoms with Gasteiger partial charge in [-0.25, -0.2) is 4.99 Å². The van der Waals surface area contributed by atoms with Crippen molar-refractivity contribution in [2.75, 3.05) is 0 Å². The summed E-state index contributed by atoms with van der Waals surface area (Å²) in [6.45, 7) is 0. The molecule has 0 aliphatic rings. The maximum absolute atomic E-state index is 11.5. The number of hydrogen-bond acceptors (Lipinski definition) is 4. The summed E-state index contributed by atoms with van der Waals surface area (Å²) in [5, 5.41) is 10.6. The van der Waals surface area contributed by atoms with Gasteiger partial charge >= 0.3 is 5.97 Å². The monoisotopic (exact) mass is 349 g/mol. The molecular weight excluding hydrogens is 334 g/mol. The fourth-order valence-electron chi connectivity index (χ4n) is 2.51. The van der Waals surface area contributed by atoms with E-state index < -0.39 is 11.2 Å². The molecule has 1 atom stereocenters. The first-order valence-corrected chi connectivity index (χ1v) is 8.57. The van der Waals surface area contributed by atoms with Gasteiger partial charge < -0.3 is 5.11 Å². The fraction of sp³-hybridized carbons (Fsp3) is 0.0500. The van der Waals surface area contributed by atoms with Gasteiger partial charge in [0.05, 0.1) is 11.2 Å². The summed E-state index contributed by atoms with van der Waals surface area (Å²) >= 11 is 1.10. The van der Waals surface area contributed by atoms with Gasteiger partial charge in [-0.1, -0.05) is 66.4 Å². The van der Waals surface area contributed by atoms with Gasteiger partial charge in [0, 0.05) is 5.56 Å². The number of carboxylic acids is 1. The zero-order valence-corrected chi connectivity index (χ0v) is 14.0. The highest BCUT2D eigenvalue weighted by molar-refractivity contribution is 8.12. The van der Waals surface area contributed by atoms with Crippen molar-refractivity contribution in [2.45, 2.75) is 5.25 Å². The fourth-order valence-corrected chi connectivity index (χ4v) is 3.23. The number of thioether (sulfide) groups is 1. The van der Waals surface area contributed by atoms with E-state index in [1.165, 1.54) is 5.55 Å². The van der Waals surface area contributed by atoms with Crippen LogP contribution in [0.1, 0.15) is 21.2 Å². The number of benzene rings is 3. The molecule has 3 aromatic carbocycles. The lowest BCUT2D eigenvalue weighted by molar-refractivity contribution is -0.136. The third kappa shape index (κ3) is 3.95. The summed E-state index contributed by atoms with van der Waals surface area (Å²) in [6, 6.07) is 20.3. The van der Waals surface area contributed by atoms with Gasteiger partial charge in [-0.15, -0.1) is 0 Å². The first-order valence-electron chi connectivity index (χ1n) is 7.63. The van der Waals surface area contributed by atoms with Gasteiger partial charge in [0.15, 0.2) is 6.29 Å². The quantitative estimate of drug-likeness (QED) is 0.392. The normalized spacial score (nSPS) is 12.3. The van der Waals surface area contributed by atoms with Crippen molar-refractivity contribution in [2.24, 2.45) is 4.99 Å². The van der Waals surface area contributed by atoms with Crippen molar-refractivity contribution >= 4 is 46.0 Å². The zero-order chi connectivity index (χ0) is 17.6. The Morgan fingerprint density at radius 2 is 1.64 bits per heavy atom. The molecule has 1 N–H and O–H groups in total. The van der Waals surface area contributed by atoms with Gasteiger partial charge in [0.2, 0.25) is 0 Å². The largest absolute Gasteiger partial charge is 0.480 e. The number of carbonyl (C=O) groups excluding carboxylic acids is 1. The van der Waals surface area contributed by atoms with Crippen LogP contribution in [-0.2, 0) is 4.79 Å². The first-order chi connectivity index (χ1) is 12.2. The summed E-state index contributed by atoms with van der Waals surface area (Å²) in [4.78, 5) is 27.1. The number of nitrogens with zero attached hydrogens (tertiary/aromatic N) is 1. The molecule has 0 saturated heterocycles. The number of rotatable bonds is 6. The Labute approximate surface area is 149 Å². The Bertz CT molecular complexity index is 938. The minimum Gasteiger partial charge on any atom is -0.480 e. The highest BCUT2D eigenvalue weighted by atomic mass is 32.2. The molecule has 1 unspecified atom stereocenters. The Balaban J connectivity index is 1.87. The van der Waals surface area contributed by atoms with Crippen molar-refractivity contribution in [3.63, 3.8) is 0 Å². The molecule has 3 rings (SSSR count). The molecule has 0 radical (unpaired) electrons. The van der Waals surface area contributed by atoms with E-state index in [9.17, 15) is 14.7 Å². The van der Waals surface area contributed by atoms with Crippen LogP contribution < -0.4 is 0 Å². The summed E-state index contributed by atoms with van der Waals surface area (Å²) in [5.74, 6) is -0.934. The third-order valence-corrected chi connectivity index (χ3v) is 4.71. The van der Waals surface area contributed by atoms with Gasteiger partial charge in [0.25, 0.3) is 0 Å². The second-order valence-electron chi connectivity index (χ2n) is 5.38. The van der Waals surface area contributed by atoms with E-state index in [0.29, 0.717) is 16.8 Å².